The van der Waals surface area contributed by atoms with Crippen molar-refractivity contribution < 1.29 is 18.0 Å². The predicted octanol–water partition coefficient (Wildman–Crippen LogP) is 6.59. The molecule has 6 rings (SSSR count). The lowest BCUT2D eigenvalue weighted by molar-refractivity contribution is -0.137. The molecule has 1 aromatic carbocycles. The van der Waals surface area contributed by atoms with Crippen LogP contribution in [0.4, 0.5) is 46.9 Å². The second-order valence-corrected chi connectivity index (χ2v) is 11.2. The number of allylic oxidation sites excluding steroid dienone is 1. The third kappa shape index (κ3) is 6.62. The van der Waals surface area contributed by atoms with Crippen molar-refractivity contribution in [3.8, 4) is 0 Å². The molecular formula is C28H26Cl2F3N9O. The number of amides is 2. The first kappa shape index (κ1) is 29.0. The lowest BCUT2D eigenvalue weighted by atomic mass is 9.94. The van der Waals surface area contributed by atoms with Crippen LogP contribution in [0.25, 0.3) is 0 Å². The van der Waals surface area contributed by atoms with Gasteiger partial charge in [0.15, 0.2) is 5.82 Å². The van der Waals surface area contributed by atoms with E-state index in [9.17, 15) is 18.0 Å². The average Bonchev–Trinajstić information content (AvgIpc) is 2.98. The molecule has 10 nitrogen and oxygen atoms in total. The smallest absolute Gasteiger partial charge is 0.352 e. The second-order valence-electron chi connectivity index (χ2n) is 10.4. The molecule has 1 saturated heterocycles. The van der Waals surface area contributed by atoms with Gasteiger partial charge in [-0.1, -0.05) is 23.2 Å². The van der Waals surface area contributed by atoms with Gasteiger partial charge in [0.25, 0.3) is 0 Å². The van der Waals surface area contributed by atoms with Crippen molar-refractivity contribution in [1.82, 2.24) is 19.9 Å². The fourth-order valence-corrected chi connectivity index (χ4v) is 5.60. The minimum absolute atomic E-state index is 0.0812. The molecule has 3 aromatic rings. The zero-order valence-electron chi connectivity index (χ0n) is 22.6. The topological polar surface area (TPSA) is 111 Å². The van der Waals surface area contributed by atoms with Crippen molar-refractivity contribution in [2.24, 2.45) is 10.9 Å². The summed E-state index contributed by atoms with van der Waals surface area (Å²) in [5.41, 5.74) is 2.35. The first-order chi connectivity index (χ1) is 20.6. The highest BCUT2D eigenvalue weighted by Crippen LogP contribution is 2.34. The van der Waals surface area contributed by atoms with Crippen molar-refractivity contribution in [1.29, 1.82) is 0 Å². The van der Waals surface area contributed by atoms with Gasteiger partial charge >= 0.3 is 12.2 Å². The van der Waals surface area contributed by atoms with Crippen LogP contribution in [0, 0.1) is 5.92 Å². The van der Waals surface area contributed by atoms with Crippen LogP contribution in [-0.2, 0) is 12.6 Å². The van der Waals surface area contributed by atoms with Gasteiger partial charge in [0.1, 0.15) is 10.8 Å². The monoisotopic (exact) mass is 631 g/mol. The molecular weight excluding hydrogens is 606 g/mol. The standard InChI is InChI=1S/C28H26Cl2F3N9O/c29-21-11-18(28(31,32)33)13-35-25(21)41-5-7-42(8-6-41)27(43)39-23-4-3-19-10-17(23)2-1-16-9-20(14-34-12-16)38-26-36-15-22(30)24(37-19)40-26/h3-4,10-16H,1-2,5-9H2,(H,39,43)(H2,36,37,38,40). The number of aryl methyl sites for hydroxylation is 1. The number of rotatable bonds is 2. The maximum atomic E-state index is 13.3. The van der Waals surface area contributed by atoms with E-state index in [1.165, 1.54) is 6.20 Å². The Bertz CT molecular complexity index is 1610. The van der Waals surface area contributed by atoms with Gasteiger partial charge in [-0.05, 0) is 49.1 Å². The maximum Gasteiger partial charge on any atom is 0.417 e. The summed E-state index contributed by atoms with van der Waals surface area (Å²) in [6, 6.07) is 6.24. The van der Waals surface area contributed by atoms with Crippen molar-refractivity contribution >= 4 is 64.4 Å². The van der Waals surface area contributed by atoms with Gasteiger partial charge in [-0.2, -0.15) is 18.2 Å². The number of halogens is 5. The first-order valence-electron chi connectivity index (χ1n) is 13.6. The molecule has 15 heteroatoms. The van der Waals surface area contributed by atoms with E-state index >= 15 is 0 Å². The van der Waals surface area contributed by atoms with Gasteiger partial charge in [-0.3, -0.25) is 4.99 Å². The van der Waals surface area contributed by atoms with E-state index in [2.05, 4.69) is 35.9 Å². The van der Waals surface area contributed by atoms with E-state index < -0.39 is 11.7 Å². The molecule has 0 aliphatic carbocycles. The zero-order chi connectivity index (χ0) is 30.1. The number of hydrogen-bond acceptors (Lipinski definition) is 8. The molecule has 1 fully saturated rings. The molecule has 3 aliphatic heterocycles. The molecule has 0 spiro atoms. The van der Waals surface area contributed by atoms with Gasteiger partial charge in [0, 0.05) is 67.8 Å². The number of pyridine rings is 1. The Morgan fingerprint density at radius 1 is 1.02 bits per heavy atom. The van der Waals surface area contributed by atoms with Crippen LogP contribution in [0.1, 0.15) is 24.0 Å². The van der Waals surface area contributed by atoms with E-state index in [-0.39, 0.29) is 22.8 Å². The Morgan fingerprint density at radius 3 is 2.60 bits per heavy atom. The third-order valence-electron chi connectivity index (χ3n) is 7.44. The van der Waals surface area contributed by atoms with E-state index in [4.69, 9.17) is 23.2 Å². The van der Waals surface area contributed by atoms with Crippen LogP contribution >= 0.6 is 23.2 Å². The predicted molar refractivity (Wildman–Crippen MR) is 160 cm³/mol. The number of piperazine rings is 1. The number of nitrogens with one attached hydrogen (secondary N) is 3. The van der Waals surface area contributed by atoms with Crippen molar-refractivity contribution in [3.05, 3.63) is 69.7 Å². The summed E-state index contributed by atoms with van der Waals surface area (Å²) in [5.74, 6) is 1.30. The SMILES string of the molecule is O=C(Nc1ccc2cc1CCC1C=NC=C(C1)Nc1ncc(Cl)c(n1)N2)N1CCN(c2ncc(C(F)(F)F)cc2Cl)CC1. The number of aliphatic imine (C=N–C) groups is 1. The Morgan fingerprint density at radius 2 is 1.84 bits per heavy atom. The average molecular weight is 632 g/mol. The number of alkyl halides is 3. The van der Waals surface area contributed by atoms with E-state index in [0.717, 1.165) is 42.1 Å². The normalized spacial score (nSPS) is 18.3. The van der Waals surface area contributed by atoms with Gasteiger partial charge in [0.05, 0.1) is 16.8 Å². The number of aromatic nitrogens is 3. The van der Waals surface area contributed by atoms with Crippen LogP contribution < -0.4 is 20.9 Å². The summed E-state index contributed by atoms with van der Waals surface area (Å²) < 4.78 is 39.0. The molecule has 224 valence electrons. The zero-order valence-corrected chi connectivity index (χ0v) is 24.1. The van der Waals surface area contributed by atoms with Crippen LogP contribution in [0.5, 0.6) is 0 Å². The summed E-state index contributed by atoms with van der Waals surface area (Å²) in [4.78, 5) is 33.9. The number of nitrogens with zero attached hydrogens (tertiary/aromatic N) is 6. The van der Waals surface area contributed by atoms with E-state index in [1.54, 1.807) is 16.0 Å². The number of anilines is 5. The molecule has 3 aliphatic rings. The van der Waals surface area contributed by atoms with Gasteiger partial charge < -0.3 is 25.8 Å². The Kier molecular flexibility index (Phi) is 8.01. The maximum absolute atomic E-state index is 13.3. The van der Waals surface area contributed by atoms with Crippen molar-refractivity contribution in [2.45, 2.75) is 25.4 Å². The minimum atomic E-state index is -4.53. The number of fused-ring (bicyclic) bond motifs is 6. The fraction of sp³-hybridized carbons (Fsp3) is 0.321. The molecule has 1 unspecified atom stereocenters. The van der Waals surface area contributed by atoms with E-state index in [1.807, 2.05) is 24.4 Å². The Balaban J connectivity index is 1.16. The van der Waals surface area contributed by atoms with Crippen molar-refractivity contribution in [2.75, 3.05) is 47.0 Å². The summed E-state index contributed by atoms with van der Waals surface area (Å²) in [6.07, 6.45) is 3.68. The molecule has 0 saturated carbocycles. The molecule has 5 heterocycles. The highest BCUT2D eigenvalue weighted by Gasteiger charge is 2.32. The largest absolute Gasteiger partial charge is 0.417 e. The number of urea groups is 1. The van der Waals surface area contributed by atoms with Gasteiger partial charge in [-0.25, -0.2) is 14.8 Å². The fourth-order valence-electron chi connectivity index (χ4n) is 5.17. The minimum Gasteiger partial charge on any atom is -0.352 e. The molecule has 0 radical (unpaired) electrons. The number of carbonyl (C=O) groups is 1. The summed E-state index contributed by atoms with van der Waals surface area (Å²) in [6.45, 7) is 1.42. The molecule has 2 aromatic heterocycles. The van der Waals surface area contributed by atoms with Crippen LogP contribution in [0.3, 0.4) is 0 Å². The highest BCUT2D eigenvalue weighted by molar-refractivity contribution is 6.33. The molecule has 43 heavy (non-hydrogen) atoms. The highest BCUT2D eigenvalue weighted by atomic mass is 35.5. The summed E-state index contributed by atoms with van der Waals surface area (Å²) in [7, 11) is 0. The first-order valence-corrected chi connectivity index (χ1v) is 14.3. The molecule has 2 amide bonds. The van der Waals surface area contributed by atoms with Gasteiger partial charge in [-0.15, -0.1) is 0 Å². The molecule has 1 atom stereocenters. The number of carbonyl (C=O) groups excluding carboxylic acids is 1. The number of benzene rings is 1. The van der Waals surface area contributed by atoms with E-state index in [0.29, 0.717) is 55.1 Å². The van der Waals surface area contributed by atoms with Crippen LogP contribution in [-0.4, -0.2) is 58.3 Å². The van der Waals surface area contributed by atoms with Gasteiger partial charge in [0.2, 0.25) is 5.95 Å². The summed E-state index contributed by atoms with van der Waals surface area (Å²) in [5, 5.41) is 9.80. The Labute approximate surface area is 255 Å². The second kappa shape index (κ2) is 11.9. The third-order valence-corrected chi connectivity index (χ3v) is 7.99. The van der Waals surface area contributed by atoms with Crippen LogP contribution in [0.2, 0.25) is 10.0 Å². The number of hydrogen-bond donors (Lipinski definition) is 3. The lowest BCUT2D eigenvalue weighted by Gasteiger charge is -2.36. The Hall–Kier alpha value is -4.10. The molecule has 3 N–H and O–H groups in total. The quantitative estimate of drug-likeness (QED) is 0.293. The molecule has 6 bridgehead atoms. The lowest BCUT2D eigenvalue weighted by Crippen LogP contribution is -2.50. The van der Waals surface area contributed by atoms with Crippen molar-refractivity contribution in [3.63, 3.8) is 0 Å². The van der Waals surface area contributed by atoms with Crippen LogP contribution in [0.15, 0.2) is 53.5 Å². The summed E-state index contributed by atoms with van der Waals surface area (Å²) >= 11 is 12.5.